The number of nitrogens with two attached hydrogens (primary N) is 2. The van der Waals surface area contributed by atoms with Gasteiger partial charge < -0.3 is 16.2 Å². The summed E-state index contributed by atoms with van der Waals surface area (Å²) in [5, 5.41) is 11.2. The second-order valence-electron chi connectivity index (χ2n) is 3.27. The van der Waals surface area contributed by atoms with E-state index in [2.05, 4.69) is 20.7 Å². The van der Waals surface area contributed by atoms with E-state index in [0.29, 0.717) is 5.71 Å². The lowest BCUT2D eigenvalue weighted by Gasteiger charge is -2.03. The predicted molar refractivity (Wildman–Crippen MR) is 67.3 cm³/mol. The van der Waals surface area contributed by atoms with Crippen LogP contribution in [0.4, 0.5) is 5.69 Å². The fourth-order valence-electron chi connectivity index (χ4n) is 1.23. The number of nitrogens with one attached hydrogen (secondary N) is 1. The smallest absolute Gasteiger partial charge is 0.177 e. The number of hydrazone groups is 1. The van der Waals surface area contributed by atoms with Crippen molar-refractivity contribution in [3.63, 3.8) is 0 Å². The SMILES string of the molecule is COc1ccc(NN=C2C(N)=NN=C2N)cc1. The van der Waals surface area contributed by atoms with E-state index in [4.69, 9.17) is 16.2 Å². The van der Waals surface area contributed by atoms with Crippen molar-refractivity contribution in [3.8, 4) is 5.75 Å². The lowest BCUT2D eigenvalue weighted by molar-refractivity contribution is 0.415. The van der Waals surface area contributed by atoms with E-state index in [1.54, 1.807) is 7.11 Å². The maximum Gasteiger partial charge on any atom is 0.177 e. The zero-order valence-corrected chi connectivity index (χ0v) is 9.21. The maximum atomic E-state index is 5.54. The molecule has 1 aromatic rings. The first-order valence-corrected chi connectivity index (χ1v) is 4.86. The highest BCUT2D eigenvalue weighted by Gasteiger charge is 2.16. The van der Waals surface area contributed by atoms with Crippen LogP contribution in [0.15, 0.2) is 39.6 Å². The fraction of sp³-hybridized carbons (Fsp3) is 0.100. The van der Waals surface area contributed by atoms with E-state index in [1.165, 1.54) is 0 Å². The molecule has 0 unspecified atom stereocenters. The van der Waals surface area contributed by atoms with E-state index >= 15 is 0 Å². The molecule has 88 valence electrons. The zero-order chi connectivity index (χ0) is 12.3. The lowest BCUT2D eigenvalue weighted by atomic mass is 10.3. The highest BCUT2D eigenvalue weighted by Crippen LogP contribution is 2.14. The highest BCUT2D eigenvalue weighted by atomic mass is 16.5. The molecule has 0 aromatic heterocycles. The molecular formula is C10H12N6O. The van der Waals surface area contributed by atoms with E-state index in [-0.39, 0.29) is 11.7 Å². The second kappa shape index (κ2) is 4.52. The van der Waals surface area contributed by atoms with Gasteiger partial charge in [0.15, 0.2) is 17.4 Å². The van der Waals surface area contributed by atoms with Gasteiger partial charge in [-0.15, -0.1) is 10.2 Å². The number of hydrogen-bond acceptors (Lipinski definition) is 7. The Hall–Kier alpha value is -2.57. The minimum absolute atomic E-state index is 0.198. The zero-order valence-electron chi connectivity index (χ0n) is 9.21. The highest BCUT2D eigenvalue weighted by molar-refractivity contribution is 6.68. The van der Waals surface area contributed by atoms with Crippen LogP contribution in [0.3, 0.4) is 0 Å². The van der Waals surface area contributed by atoms with Crippen LogP contribution in [0.5, 0.6) is 5.75 Å². The molecule has 0 atom stereocenters. The van der Waals surface area contributed by atoms with E-state index in [9.17, 15) is 0 Å². The second-order valence-corrected chi connectivity index (χ2v) is 3.27. The first kappa shape index (κ1) is 10.9. The van der Waals surface area contributed by atoms with E-state index in [1.807, 2.05) is 24.3 Å². The largest absolute Gasteiger partial charge is 0.497 e. The van der Waals surface area contributed by atoms with Crippen molar-refractivity contribution >= 4 is 23.1 Å². The van der Waals surface area contributed by atoms with Gasteiger partial charge in [-0.05, 0) is 24.3 Å². The van der Waals surface area contributed by atoms with Crippen LogP contribution < -0.4 is 21.6 Å². The summed E-state index contributed by atoms with van der Waals surface area (Å²) in [6.07, 6.45) is 0. The Kier molecular flexibility index (Phi) is 2.91. The molecule has 7 heteroatoms. The standard InChI is InChI=1S/C10H12N6O/c1-17-7-4-2-6(3-5-7)13-14-8-9(11)15-16-10(8)12/h2-5,13H,1H3,(H4,11,12,14,15,16). The van der Waals surface area contributed by atoms with Crippen LogP contribution in [0, 0.1) is 0 Å². The molecule has 5 N–H and O–H groups in total. The van der Waals surface area contributed by atoms with Gasteiger partial charge in [0.1, 0.15) is 5.75 Å². The molecule has 1 aliphatic heterocycles. The molecule has 0 saturated carbocycles. The molecule has 1 aliphatic rings. The van der Waals surface area contributed by atoms with Crippen LogP contribution in [-0.4, -0.2) is 24.5 Å². The average molecular weight is 232 g/mol. The summed E-state index contributed by atoms with van der Waals surface area (Å²) >= 11 is 0. The molecule has 0 spiro atoms. The number of hydrogen-bond donors (Lipinski definition) is 3. The van der Waals surface area contributed by atoms with Crippen molar-refractivity contribution in [2.75, 3.05) is 12.5 Å². The van der Waals surface area contributed by atoms with Crippen molar-refractivity contribution < 1.29 is 4.74 Å². The van der Waals surface area contributed by atoms with Gasteiger partial charge in [0.05, 0.1) is 12.8 Å². The summed E-state index contributed by atoms with van der Waals surface area (Å²) in [5.41, 5.74) is 15.0. The Labute approximate surface area is 97.9 Å². The number of anilines is 1. The summed E-state index contributed by atoms with van der Waals surface area (Å²) in [6, 6.07) is 7.26. The molecule has 0 aliphatic carbocycles. The van der Waals surface area contributed by atoms with Crippen LogP contribution in [0.1, 0.15) is 0 Å². The number of nitrogens with zero attached hydrogens (tertiary/aromatic N) is 3. The summed E-state index contributed by atoms with van der Waals surface area (Å²) in [6.45, 7) is 0. The summed E-state index contributed by atoms with van der Waals surface area (Å²) < 4.78 is 5.04. The molecule has 1 heterocycles. The number of ether oxygens (including phenoxy) is 1. The molecule has 7 nitrogen and oxygen atoms in total. The number of amidine groups is 2. The van der Waals surface area contributed by atoms with Crippen LogP contribution in [-0.2, 0) is 0 Å². The quantitative estimate of drug-likeness (QED) is 0.642. The molecule has 2 rings (SSSR count). The van der Waals surface area contributed by atoms with Gasteiger partial charge in [-0.25, -0.2) is 0 Å². The normalized spacial score (nSPS) is 14.1. The van der Waals surface area contributed by atoms with Crippen molar-refractivity contribution in [1.29, 1.82) is 0 Å². The molecule has 0 saturated heterocycles. The van der Waals surface area contributed by atoms with Gasteiger partial charge in [-0.3, -0.25) is 5.43 Å². The Balaban J connectivity index is 2.09. The molecule has 0 fully saturated rings. The average Bonchev–Trinajstić information content (AvgIpc) is 2.67. The maximum absolute atomic E-state index is 5.54. The molecular weight excluding hydrogens is 220 g/mol. The number of benzene rings is 1. The third-order valence-electron chi connectivity index (χ3n) is 2.14. The van der Waals surface area contributed by atoms with Crippen molar-refractivity contribution in [2.45, 2.75) is 0 Å². The monoisotopic (exact) mass is 232 g/mol. The summed E-state index contributed by atoms with van der Waals surface area (Å²) in [4.78, 5) is 0. The Morgan fingerprint density at radius 2 is 1.71 bits per heavy atom. The van der Waals surface area contributed by atoms with Gasteiger partial charge in [0, 0.05) is 0 Å². The van der Waals surface area contributed by atoms with Crippen LogP contribution >= 0.6 is 0 Å². The predicted octanol–water partition coefficient (Wildman–Crippen LogP) is 0.106. The minimum atomic E-state index is 0.198. The molecule has 0 radical (unpaired) electrons. The fourth-order valence-corrected chi connectivity index (χ4v) is 1.23. The van der Waals surface area contributed by atoms with Crippen molar-refractivity contribution in [3.05, 3.63) is 24.3 Å². The van der Waals surface area contributed by atoms with Gasteiger partial charge in [0.25, 0.3) is 0 Å². The van der Waals surface area contributed by atoms with Gasteiger partial charge in [0.2, 0.25) is 0 Å². The third kappa shape index (κ3) is 2.33. The molecule has 0 bridgehead atoms. The van der Waals surface area contributed by atoms with Gasteiger partial charge >= 0.3 is 0 Å². The molecule has 0 amide bonds. The first-order valence-electron chi connectivity index (χ1n) is 4.86. The molecule has 17 heavy (non-hydrogen) atoms. The Bertz CT molecular complexity index is 482. The van der Waals surface area contributed by atoms with Crippen molar-refractivity contribution in [1.82, 2.24) is 0 Å². The summed E-state index contributed by atoms with van der Waals surface area (Å²) in [7, 11) is 1.61. The Morgan fingerprint density at radius 1 is 1.12 bits per heavy atom. The molecule has 1 aromatic carbocycles. The van der Waals surface area contributed by atoms with E-state index < -0.39 is 0 Å². The van der Waals surface area contributed by atoms with Crippen molar-refractivity contribution in [2.24, 2.45) is 26.8 Å². The first-order chi connectivity index (χ1) is 8.20. The lowest BCUT2D eigenvalue weighted by Crippen LogP contribution is -2.32. The Morgan fingerprint density at radius 3 is 2.24 bits per heavy atom. The van der Waals surface area contributed by atoms with E-state index in [0.717, 1.165) is 11.4 Å². The minimum Gasteiger partial charge on any atom is -0.497 e. The van der Waals surface area contributed by atoms with Crippen LogP contribution in [0.25, 0.3) is 0 Å². The van der Waals surface area contributed by atoms with Gasteiger partial charge in [-0.2, -0.15) is 5.10 Å². The third-order valence-corrected chi connectivity index (χ3v) is 2.14. The topological polar surface area (TPSA) is 110 Å². The number of methoxy groups -OCH3 is 1. The van der Waals surface area contributed by atoms with Crippen LogP contribution in [0.2, 0.25) is 0 Å². The summed E-state index contributed by atoms with van der Waals surface area (Å²) in [5.74, 6) is 1.17. The van der Waals surface area contributed by atoms with Gasteiger partial charge in [-0.1, -0.05) is 0 Å². The number of rotatable bonds is 3.